The van der Waals surface area contributed by atoms with Crippen molar-refractivity contribution in [2.24, 2.45) is 0 Å². The van der Waals surface area contributed by atoms with Gasteiger partial charge in [0.2, 0.25) is 0 Å². The van der Waals surface area contributed by atoms with Crippen LogP contribution in [0, 0.1) is 6.92 Å². The average Bonchev–Trinajstić information content (AvgIpc) is 2.67. The second-order valence-electron chi connectivity index (χ2n) is 3.87. The molecule has 2 heterocycles. The zero-order valence-corrected chi connectivity index (χ0v) is 9.18. The smallest absolute Gasteiger partial charge is 0.114 e. The third-order valence-corrected chi connectivity index (χ3v) is 2.35. The molecule has 0 spiro atoms. The summed E-state index contributed by atoms with van der Waals surface area (Å²) in [7, 11) is 0. The van der Waals surface area contributed by atoms with Crippen LogP contribution in [-0.4, -0.2) is 20.0 Å². The van der Waals surface area contributed by atoms with Crippen molar-refractivity contribution in [2.75, 3.05) is 0 Å². The summed E-state index contributed by atoms with van der Waals surface area (Å²) < 4.78 is 1.85. The van der Waals surface area contributed by atoms with Gasteiger partial charge in [-0.15, -0.1) is 5.10 Å². The van der Waals surface area contributed by atoms with Gasteiger partial charge in [-0.25, -0.2) is 4.68 Å². The molecule has 2 aromatic heterocycles. The van der Waals surface area contributed by atoms with Gasteiger partial charge >= 0.3 is 0 Å². The van der Waals surface area contributed by atoms with E-state index in [2.05, 4.69) is 29.1 Å². The van der Waals surface area contributed by atoms with Crippen molar-refractivity contribution in [3.8, 4) is 11.3 Å². The van der Waals surface area contributed by atoms with Crippen LogP contribution in [0.1, 0.15) is 25.5 Å². The van der Waals surface area contributed by atoms with E-state index in [-0.39, 0.29) is 0 Å². The summed E-state index contributed by atoms with van der Waals surface area (Å²) >= 11 is 0. The summed E-state index contributed by atoms with van der Waals surface area (Å²) in [5.41, 5.74) is 3.10. The van der Waals surface area contributed by atoms with Gasteiger partial charge in [0, 0.05) is 24.0 Å². The largest absolute Gasteiger partial charge is 0.264 e. The third-order valence-electron chi connectivity index (χ3n) is 2.35. The molecule has 0 aliphatic heterocycles. The molecule has 0 N–H and O–H groups in total. The summed E-state index contributed by atoms with van der Waals surface area (Å²) in [6.07, 6.45) is 5.56. The van der Waals surface area contributed by atoms with Crippen LogP contribution in [0.25, 0.3) is 11.3 Å². The van der Waals surface area contributed by atoms with E-state index < -0.39 is 0 Å². The predicted molar refractivity (Wildman–Crippen MR) is 58.4 cm³/mol. The van der Waals surface area contributed by atoms with Gasteiger partial charge in [-0.05, 0) is 32.4 Å². The molecule has 4 heteroatoms. The van der Waals surface area contributed by atoms with E-state index in [1.807, 2.05) is 30.1 Å². The van der Waals surface area contributed by atoms with E-state index in [0.717, 1.165) is 11.3 Å². The number of aryl methyl sites for hydroxylation is 1. The second-order valence-corrected chi connectivity index (χ2v) is 3.87. The van der Waals surface area contributed by atoms with Crippen molar-refractivity contribution in [2.45, 2.75) is 26.8 Å². The summed E-state index contributed by atoms with van der Waals surface area (Å²) in [6.45, 7) is 6.20. The minimum absolute atomic E-state index is 0.336. The molecule has 2 aromatic rings. The fourth-order valence-corrected chi connectivity index (χ4v) is 1.38. The Bertz CT molecular complexity index is 459. The fourth-order valence-electron chi connectivity index (χ4n) is 1.38. The van der Waals surface area contributed by atoms with Crippen molar-refractivity contribution in [1.82, 2.24) is 20.0 Å². The van der Waals surface area contributed by atoms with E-state index in [9.17, 15) is 0 Å². The molecule has 0 saturated carbocycles. The number of hydrogen-bond acceptors (Lipinski definition) is 3. The molecule has 4 nitrogen and oxygen atoms in total. The highest BCUT2D eigenvalue weighted by molar-refractivity contribution is 5.60. The Morgan fingerprint density at radius 1 is 1.33 bits per heavy atom. The van der Waals surface area contributed by atoms with Gasteiger partial charge in [0.05, 0.1) is 6.20 Å². The van der Waals surface area contributed by atoms with Crippen molar-refractivity contribution >= 4 is 0 Å². The lowest BCUT2D eigenvalue weighted by atomic mass is 10.1. The molecular weight excluding hydrogens is 188 g/mol. The second kappa shape index (κ2) is 3.81. The van der Waals surface area contributed by atoms with Crippen molar-refractivity contribution in [3.63, 3.8) is 0 Å². The van der Waals surface area contributed by atoms with Crippen LogP contribution in [0.3, 0.4) is 0 Å². The average molecular weight is 202 g/mol. The van der Waals surface area contributed by atoms with Crippen molar-refractivity contribution in [1.29, 1.82) is 0 Å². The standard InChI is InChI=1S/C11H14N4/c1-8(2)15-7-11(13-14-15)10-6-12-5-4-9(10)3/h4-8H,1-3H3. The maximum absolute atomic E-state index is 4.14. The van der Waals surface area contributed by atoms with Crippen LogP contribution >= 0.6 is 0 Å². The fraction of sp³-hybridized carbons (Fsp3) is 0.364. The van der Waals surface area contributed by atoms with Crippen LogP contribution in [0.15, 0.2) is 24.7 Å². The predicted octanol–water partition coefficient (Wildman–Crippen LogP) is 2.23. The van der Waals surface area contributed by atoms with Gasteiger partial charge in [0.15, 0.2) is 0 Å². The topological polar surface area (TPSA) is 43.6 Å². The summed E-state index contributed by atoms with van der Waals surface area (Å²) in [5, 5.41) is 8.21. The maximum atomic E-state index is 4.14. The van der Waals surface area contributed by atoms with Crippen LogP contribution in [0.5, 0.6) is 0 Å². The molecule has 0 aromatic carbocycles. The molecule has 15 heavy (non-hydrogen) atoms. The lowest BCUT2D eigenvalue weighted by molar-refractivity contribution is 0.514. The van der Waals surface area contributed by atoms with E-state index >= 15 is 0 Å². The van der Waals surface area contributed by atoms with Crippen molar-refractivity contribution < 1.29 is 0 Å². The highest BCUT2D eigenvalue weighted by Gasteiger charge is 2.07. The summed E-state index contributed by atoms with van der Waals surface area (Å²) in [6, 6.07) is 2.31. The molecule has 2 rings (SSSR count). The summed E-state index contributed by atoms with van der Waals surface area (Å²) in [4.78, 5) is 4.10. The minimum Gasteiger partial charge on any atom is -0.264 e. The molecule has 0 aliphatic rings. The van der Waals surface area contributed by atoms with Crippen LogP contribution in [-0.2, 0) is 0 Å². The Hall–Kier alpha value is -1.71. The number of pyridine rings is 1. The number of nitrogens with zero attached hydrogens (tertiary/aromatic N) is 4. The molecule has 78 valence electrons. The molecule has 0 amide bonds. The Labute approximate surface area is 89.0 Å². The van der Waals surface area contributed by atoms with Gasteiger partial charge in [-0.2, -0.15) is 0 Å². The van der Waals surface area contributed by atoms with Crippen LogP contribution in [0.2, 0.25) is 0 Å². The molecule has 0 radical (unpaired) electrons. The minimum atomic E-state index is 0.336. The van der Waals surface area contributed by atoms with Crippen LogP contribution in [0.4, 0.5) is 0 Å². The molecule has 0 bridgehead atoms. The van der Waals surface area contributed by atoms with Gasteiger partial charge in [0.25, 0.3) is 0 Å². The Morgan fingerprint density at radius 2 is 2.13 bits per heavy atom. The van der Waals surface area contributed by atoms with Gasteiger partial charge in [-0.3, -0.25) is 4.98 Å². The van der Waals surface area contributed by atoms with Crippen molar-refractivity contribution in [3.05, 3.63) is 30.2 Å². The van der Waals surface area contributed by atoms with Gasteiger partial charge in [0.1, 0.15) is 5.69 Å². The number of aromatic nitrogens is 4. The van der Waals surface area contributed by atoms with Gasteiger partial charge < -0.3 is 0 Å². The van der Waals surface area contributed by atoms with E-state index in [0.29, 0.717) is 6.04 Å². The monoisotopic (exact) mass is 202 g/mol. The quantitative estimate of drug-likeness (QED) is 0.750. The number of hydrogen-bond donors (Lipinski definition) is 0. The number of rotatable bonds is 2. The maximum Gasteiger partial charge on any atom is 0.114 e. The zero-order chi connectivity index (χ0) is 10.8. The molecule has 0 unspecified atom stereocenters. The lowest BCUT2D eigenvalue weighted by Crippen LogP contribution is -2.00. The first-order valence-corrected chi connectivity index (χ1v) is 5.01. The SMILES string of the molecule is Cc1ccncc1-c1cn(C(C)C)nn1. The normalized spacial score (nSPS) is 10.9. The highest BCUT2D eigenvalue weighted by Crippen LogP contribution is 2.19. The highest BCUT2D eigenvalue weighted by atomic mass is 15.4. The van der Waals surface area contributed by atoms with E-state index in [1.54, 1.807) is 6.20 Å². The molecule has 0 atom stereocenters. The summed E-state index contributed by atoms with van der Waals surface area (Å²) in [5.74, 6) is 0. The Balaban J connectivity index is 2.42. The third kappa shape index (κ3) is 1.88. The van der Waals surface area contributed by atoms with Gasteiger partial charge in [-0.1, -0.05) is 5.21 Å². The first-order valence-electron chi connectivity index (χ1n) is 5.01. The zero-order valence-electron chi connectivity index (χ0n) is 9.18. The molecule has 0 aliphatic carbocycles. The Morgan fingerprint density at radius 3 is 2.73 bits per heavy atom. The molecule has 0 fully saturated rings. The molecule has 0 saturated heterocycles. The first kappa shape index (κ1) is 9.83. The van der Waals surface area contributed by atoms with E-state index in [1.165, 1.54) is 5.56 Å². The Kier molecular flexibility index (Phi) is 2.49. The van der Waals surface area contributed by atoms with Crippen LogP contribution < -0.4 is 0 Å². The van der Waals surface area contributed by atoms with E-state index in [4.69, 9.17) is 0 Å². The molecular formula is C11H14N4. The lowest BCUT2D eigenvalue weighted by Gasteiger charge is -2.02. The first-order chi connectivity index (χ1) is 7.18.